The Labute approximate surface area is 99.3 Å². The summed E-state index contributed by atoms with van der Waals surface area (Å²) in [5.74, 6) is 0. The van der Waals surface area contributed by atoms with E-state index in [-0.39, 0.29) is 5.25 Å². The second-order valence-corrected chi connectivity index (χ2v) is 7.07. The third-order valence-corrected chi connectivity index (χ3v) is 5.36. The first-order valence-electron chi connectivity index (χ1n) is 5.23. The highest BCUT2D eigenvalue weighted by atomic mass is 32.2. The molecule has 0 spiro atoms. The first-order chi connectivity index (χ1) is 7.58. The molecule has 0 saturated carbocycles. The molecular weight excluding hydrogens is 246 g/mol. The number of anilines is 1. The fourth-order valence-corrected chi connectivity index (χ4v) is 4.06. The summed E-state index contributed by atoms with van der Waals surface area (Å²) in [6.07, 6.45) is 3.00. The van der Waals surface area contributed by atoms with E-state index in [0.717, 1.165) is 18.0 Å². The quantitative estimate of drug-likeness (QED) is 0.849. The minimum atomic E-state index is -3.27. The molecule has 1 aromatic heterocycles. The Kier molecular flexibility index (Phi) is 3.46. The van der Waals surface area contributed by atoms with Crippen LogP contribution < -0.4 is 10.0 Å². The third kappa shape index (κ3) is 2.72. The van der Waals surface area contributed by atoms with Crippen molar-refractivity contribution in [2.24, 2.45) is 0 Å². The van der Waals surface area contributed by atoms with Crippen LogP contribution in [0.5, 0.6) is 0 Å². The lowest BCUT2D eigenvalue weighted by Crippen LogP contribution is -2.38. The standard InChI is InChI=1S/C9H15N3O2S2/c1-7-6-11-9(15-7)12-16(13,14)8-2-4-10-5-3-8/h6,8,10H,2-5H2,1H3,(H,11,12). The highest BCUT2D eigenvalue weighted by Crippen LogP contribution is 2.21. The summed E-state index contributed by atoms with van der Waals surface area (Å²) in [5, 5.41) is 3.32. The number of hydrogen-bond acceptors (Lipinski definition) is 5. The maximum atomic E-state index is 12.0. The Morgan fingerprint density at radius 1 is 1.50 bits per heavy atom. The molecule has 0 aromatic carbocycles. The van der Waals surface area contributed by atoms with Crippen molar-refractivity contribution < 1.29 is 8.42 Å². The minimum Gasteiger partial charge on any atom is -0.317 e. The third-order valence-electron chi connectivity index (χ3n) is 2.58. The maximum Gasteiger partial charge on any atom is 0.237 e. The van der Waals surface area contributed by atoms with Crippen LogP contribution in [-0.2, 0) is 10.0 Å². The van der Waals surface area contributed by atoms with Gasteiger partial charge in [0.25, 0.3) is 0 Å². The molecule has 0 atom stereocenters. The van der Waals surface area contributed by atoms with Crippen molar-refractivity contribution >= 4 is 26.5 Å². The smallest absolute Gasteiger partial charge is 0.237 e. The normalized spacial score (nSPS) is 18.6. The summed E-state index contributed by atoms with van der Waals surface area (Å²) in [7, 11) is -3.27. The topological polar surface area (TPSA) is 71.1 Å². The molecular formula is C9H15N3O2S2. The van der Waals surface area contributed by atoms with Crippen molar-refractivity contribution in [1.82, 2.24) is 10.3 Å². The van der Waals surface area contributed by atoms with Gasteiger partial charge in [-0.3, -0.25) is 4.72 Å². The number of thiazole rings is 1. The molecule has 1 aliphatic rings. The predicted molar refractivity (Wildman–Crippen MR) is 65.3 cm³/mol. The lowest BCUT2D eigenvalue weighted by Gasteiger charge is -2.22. The summed E-state index contributed by atoms with van der Waals surface area (Å²) < 4.78 is 26.5. The van der Waals surface area contributed by atoms with Crippen molar-refractivity contribution in [3.63, 3.8) is 0 Å². The van der Waals surface area contributed by atoms with E-state index in [0.29, 0.717) is 18.0 Å². The number of rotatable bonds is 3. The molecule has 0 aliphatic carbocycles. The molecule has 16 heavy (non-hydrogen) atoms. The monoisotopic (exact) mass is 261 g/mol. The van der Waals surface area contributed by atoms with Crippen molar-refractivity contribution in [1.29, 1.82) is 0 Å². The van der Waals surface area contributed by atoms with Crippen molar-refractivity contribution in [2.75, 3.05) is 17.8 Å². The highest BCUT2D eigenvalue weighted by Gasteiger charge is 2.27. The van der Waals surface area contributed by atoms with E-state index in [4.69, 9.17) is 0 Å². The number of sulfonamides is 1. The SMILES string of the molecule is Cc1cnc(NS(=O)(=O)C2CCNCC2)s1. The Hall–Kier alpha value is -0.660. The molecule has 5 nitrogen and oxygen atoms in total. The first kappa shape index (κ1) is 11.8. The molecule has 0 radical (unpaired) electrons. The summed E-state index contributed by atoms with van der Waals surface area (Å²) in [5.41, 5.74) is 0. The number of hydrogen-bond donors (Lipinski definition) is 2. The number of piperidine rings is 1. The van der Waals surface area contributed by atoms with Crippen molar-refractivity contribution in [3.05, 3.63) is 11.1 Å². The van der Waals surface area contributed by atoms with Gasteiger partial charge in [-0.25, -0.2) is 13.4 Å². The second kappa shape index (κ2) is 4.68. The molecule has 0 amide bonds. The molecule has 2 heterocycles. The van der Waals surface area contributed by atoms with Crippen LogP contribution in [0.15, 0.2) is 6.20 Å². The van der Waals surface area contributed by atoms with Crippen LogP contribution in [0, 0.1) is 6.92 Å². The van der Waals surface area contributed by atoms with E-state index in [1.807, 2.05) is 6.92 Å². The zero-order valence-electron chi connectivity index (χ0n) is 9.06. The van der Waals surface area contributed by atoms with Crippen LogP contribution in [0.4, 0.5) is 5.13 Å². The van der Waals surface area contributed by atoms with Crippen LogP contribution in [0.2, 0.25) is 0 Å². The van der Waals surface area contributed by atoms with Gasteiger partial charge in [-0.2, -0.15) is 0 Å². The van der Waals surface area contributed by atoms with Crippen LogP contribution in [0.3, 0.4) is 0 Å². The van der Waals surface area contributed by atoms with Gasteiger partial charge in [0.1, 0.15) is 0 Å². The van der Waals surface area contributed by atoms with E-state index < -0.39 is 10.0 Å². The molecule has 1 aliphatic heterocycles. The fourth-order valence-electron chi connectivity index (χ4n) is 1.71. The number of aryl methyl sites for hydroxylation is 1. The summed E-state index contributed by atoms with van der Waals surface area (Å²) >= 11 is 1.36. The molecule has 7 heteroatoms. The number of aromatic nitrogens is 1. The average Bonchev–Trinajstić information content (AvgIpc) is 2.64. The van der Waals surface area contributed by atoms with Gasteiger partial charge in [0.05, 0.1) is 5.25 Å². The molecule has 2 rings (SSSR count). The van der Waals surface area contributed by atoms with Gasteiger partial charge in [0.2, 0.25) is 10.0 Å². The predicted octanol–water partition coefficient (Wildman–Crippen LogP) is 0.945. The molecule has 1 saturated heterocycles. The molecule has 0 bridgehead atoms. The highest BCUT2D eigenvalue weighted by molar-refractivity contribution is 7.93. The summed E-state index contributed by atoms with van der Waals surface area (Å²) in [6, 6.07) is 0. The van der Waals surface area contributed by atoms with E-state index >= 15 is 0 Å². The summed E-state index contributed by atoms with van der Waals surface area (Å²) in [4.78, 5) is 5.01. The lowest BCUT2D eigenvalue weighted by molar-refractivity contribution is 0.499. The van der Waals surface area contributed by atoms with E-state index in [9.17, 15) is 8.42 Å². The van der Waals surface area contributed by atoms with Crippen LogP contribution in [-0.4, -0.2) is 31.7 Å². The fraction of sp³-hybridized carbons (Fsp3) is 0.667. The Morgan fingerprint density at radius 2 is 2.19 bits per heavy atom. The van der Waals surface area contributed by atoms with Crippen LogP contribution >= 0.6 is 11.3 Å². The van der Waals surface area contributed by atoms with Crippen LogP contribution in [0.25, 0.3) is 0 Å². The van der Waals surface area contributed by atoms with Gasteiger partial charge >= 0.3 is 0 Å². The zero-order valence-corrected chi connectivity index (χ0v) is 10.7. The maximum absolute atomic E-state index is 12.0. The molecule has 2 N–H and O–H groups in total. The van der Waals surface area contributed by atoms with Gasteiger partial charge < -0.3 is 5.32 Å². The second-order valence-electron chi connectivity index (χ2n) is 3.87. The van der Waals surface area contributed by atoms with Crippen molar-refractivity contribution in [3.8, 4) is 0 Å². The molecule has 0 unspecified atom stereocenters. The van der Waals surface area contributed by atoms with Gasteiger partial charge in [0, 0.05) is 11.1 Å². The van der Waals surface area contributed by atoms with Crippen LogP contribution in [0.1, 0.15) is 17.7 Å². The first-order valence-corrected chi connectivity index (χ1v) is 7.59. The summed E-state index contributed by atoms with van der Waals surface area (Å²) in [6.45, 7) is 3.44. The minimum absolute atomic E-state index is 0.294. The number of nitrogens with one attached hydrogen (secondary N) is 2. The van der Waals surface area contributed by atoms with Gasteiger partial charge in [-0.1, -0.05) is 0 Å². The van der Waals surface area contributed by atoms with Gasteiger partial charge in [-0.05, 0) is 32.9 Å². The number of nitrogens with zero attached hydrogens (tertiary/aromatic N) is 1. The Morgan fingerprint density at radius 3 is 2.75 bits per heavy atom. The Bertz CT molecular complexity index is 449. The zero-order chi connectivity index (χ0) is 11.6. The van der Waals surface area contributed by atoms with Gasteiger partial charge in [-0.15, -0.1) is 11.3 Å². The van der Waals surface area contributed by atoms with Gasteiger partial charge in [0.15, 0.2) is 5.13 Å². The van der Waals surface area contributed by atoms with E-state index in [1.54, 1.807) is 6.20 Å². The van der Waals surface area contributed by atoms with Crippen molar-refractivity contribution in [2.45, 2.75) is 25.0 Å². The molecule has 1 fully saturated rings. The van der Waals surface area contributed by atoms with E-state index in [2.05, 4.69) is 15.0 Å². The molecule has 90 valence electrons. The van der Waals surface area contributed by atoms with E-state index in [1.165, 1.54) is 11.3 Å². The molecule has 1 aromatic rings. The lowest BCUT2D eigenvalue weighted by atomic mass is 10.2. The Balaban J connectivity index is 2.07. The largest absolute Gasteiger partial charge is 0.317 e. The average molecular weight is 261 g/mol.